The van der Waals surface area contributed by atoms with Crippen molar-refractivity contribution >= 4 is 17.0 Å². The highest BCUT2D eigenvalue weighted by Crippen LogP contribution is 2.34. The Morgan fingerprint density at radius 1 is 1.19 bits per heavy atom. The van der Waals surface area contributed by atoms with Gasteiger partial charge in [0.1, 0.15) is 5.52 Å². The quantitative estimate of drug-likeness (QED) is 0.503. The second-order valence-corrected chi connectivity index (χ2v) is 8.17. The van der Waals surface area contributed by atoms with Gasteiger partial charge in [-0.1, -0.05) is 0 Å². The van der Waals surface area contributed by atoms with Crippen molar-refractivity contribution in [3.8, 4) is 17.0 Å². The lowest BCUT2D eigenvalue weighted by Crippen LogP contribution is -2.36. The Labute approximate surface area is 176 Å². The number of pyridine rings is 1. The third kappa shape index (κ3) is 3.90. The molecule has 10 heteroatoms. The van der Waals surface area contributed by atoms with Gasteiger partial charge in [0.25, 0.3) is 0 Å². The number of alkyl halides is 2. The van der Waals surface area contributed by atoms with E-state index >= 15 is 0 Å². The summed E-state index contributed by atoms with van der Waals surface area (Å²) in [7, 11) is 0. The van der Waals surface area contributed by atoms with E-state index in [9.17, 15) is 13.9 Å². The van der Waals surface area contributed by atoms with Gasteiger partial charge in [0.05, 0.1) is 11.1 Å². The third-order valence-corrected chi connectivity index (χ3v) is 5.79. The summed E-state index contributed by atoms with van der Waals surface area (Å²) in [5, 5.41) is 22.0. The van der Waals surface area contributed by atoms with Gasteiger partial charge in [-0.05, 0) is 62.4 Å². The van der Waals surface area contributed by atoms with Crippen molar-refractivity contribution in [2.24, 2.45) is 0 Å². The lowest BCUT2D eigenvalue weighted by atomic mass is 9.84. The normalized spacial score (nSPS) is 21.8. The van der Waals surface area contributed by atoms with Crippen LogP contribution in [0.25, 0.3) is 22.2 Å². The molecule has 0 aliphatic heterocycles. The number of aliphatic hydroxyl groups is 1. The summed E-state index contributed by atoms with van der Waals surface area (Å²) in [5.41, 5.74) is 2.06. The molecule has 162 valence electrons. The standard InChI is InChI=1S/C21H22F2N6O2/c1-21(30)7-2-14(3-8-21)25-20-26-18(31-19(22)23)17-16(6-11-29(17)27-20)13-5-10-28-15(12-13)4-9-24-28/h4-6,9-12,14,19,30H,2-3,7-8H2,1H3,(H,25,27)/t14-,21+. The Morgan fingerprint density at radius 2 is 1.97 bits per heavy atom. The lowest BCUT2D eigenvalue weighted by molar-refractivity contribution is -0.0519. The Balaban J connectivity index is 1.52. The topological polar surface area (TPSA) is 89.0 Å². The van der Waals surface area contributed by atoms with Crippen LogP contribution in [-0.2, 0) is 0 Å². The largest absolute Gasteiger partial charge is 0.414 e. The zero-order valence-electron chi connectivity index (χ0n) is 16.9. The fourth-order valence-corrected chi connectivity index (χ4v) is 4.11. The van der Waals surface area contributed by atoms with Crippen molar-refractivity contribution in [2.75, 3.05) is 5.32 Å². The van der Waals surface area contributed by atoms with Crippen LogP contribution in [-0.4, -0.2) is 47.6 Å². The summed E-state index contributed by atoms with van der Waals surface area (Å²) < 4.78 is 34.4. The van der Waals surface area contributed by atoms with Crippen molar-refractivity contribution in [3.05, 3.63) is 42.9 Å². The highest BCUT2D eigenvalue weighted by molar-refractivity contribution is 5.85. The molecule has 1 saturated carbocycles. The average Bonchev–Trinajstić information content (AvgIpc) is 3.35. The first-order chi connectivity index (χ1) is 14.9. The molecule has 0 amide bonds. The zero-order valence-corrected chi connectivity index (χ0v) is 16.9. The summed E-state index contributed by atoms with van der Waals surface area (Å²) in [6.07, 6.45) is 7.96. The molecule has 0 saturated heterocycles. The minimum Gasteiger partial charge on any atom is -0.414 e. The molecular weight excluding hydrogens is 406 g/mol. The van der Waals surface area contributed by atoms with E-state index in [2.05, 4.69) is 20.5 Å². The fraction of sp³-hybridized carbons (Fsp3) is 0.381. The number of anilines is 1. The maximum Gasteiger partial charge on any atom is 0.388 e. The number of ether oxygens (including phenoxy) is 1. The highest BCUT2D eigenvalue weighted by Gasteiger charge is 2.29. The maximum absolute atomic E-state index is 13.2. The van der Waals surface area contributed by atoms with Gasteiger partial charge in [0.2, 0.25) is 11.8 Å². The van der Waals surface area contributed by atoms with Gasteiger partial charge in [0.15, 0.2) is 0 Å². The number of nitrogens with one attached hydrogen (secondary N) is 1. The van der Waals surface area contributed by atoms with Crippen molar-refractivity contribution < 1.29 is 18.6 Å². The molecule has 5 rings (SSSR count). The van der Waals surface area contributed by atoms with Gasteiger partial charge in [-0.25, -0.2) is 9.03 Å². The van der Waals surface area contributed by atoms with E-state index in [4.69, 9.17) is 4.74 Å². The summed E-state index contributed by atoms with van der Waals surface area (Å²) in [6, 6.07) is 7.47. The van der Waals surface area contributed by atoms with Crippen LogP contribution < -0.4 is 10.1 Å². The van der Waals surface area contributed by atoms with E-state index in [1.807, 2.05) is 25.1 Å². The SMILES string of the molecule is C[C@]1(O)CC[C@@H](Nc2nc(OC(F)F)c3c(-c4ccn5nccc5c4)ccn3n2)CC1. The first-order valence-electron chi connectivity index (χ1n) is 10.1. The zero-order chi connectivity index (χ0) is 21.6. The summed E-state index contributed by atoms with van der Waals surface area (Å²) in [6.45, 7) is -1.19. The van der Waals surface area contributed by atoms with Crippen LogP contribution in [0.1, 0.15) is 32.6 Å². The molecule has 4 heterocycles. The number of aromatic nitrogens is 5. The van der Waals surface area contributed by atoms with Gasteiger partial charge in [-0.2, -0.15) is 18.9 Å². The predicted octanol–water partition coefficient (Wildman–Crippen LogP) is 3.75. The summed E-state index contributed by atoms with van der Waals surface area (Å²) >= 11 is 0. The summed E-state index contributed by atoms with van der Waals surface area (Å²) in [5.74, 6) is 0.0202. The molecule has 4 aromatic rings. The Kier molecular flexibility index (Phi) is 4.73. The number of hydrogen-bond acceptors (Lipinski definition) is 6. The van der Waals surface area contributed by atoms with Crippen LogP contribution >= 0.6 is 0 Å². The molecule has 31 heavy (non-hydrogen) atoms. The molecule has 0 bridgehead atoms. The molecule has 0 unspecified atom stereocenters. The van der Waals surface area contributed by atoms with Crippen LogP contribution in [0.3, 0.4) is 0 Å². The molecule has 8 nitrogen and oxygen atoms in total. The van der Waals surface area contributed by atoms with Crippen LogP contribution in [0.5, 0.6) is 5.88 Å². The monoisotopic (exact) mass is 428 g/mol. The first kappa shape index (κ1) is 19.7. The average molecular weight is 428 g/mol. The van der Waals surface area contributed by atoms with E-state index in [1.54, 1.807) is 29.2 Å². The molecule has 1 aliphatic rings. The molecular formula is C21H22F2N6O2. The van der Waals surface area contributed by atoms with Crippen LogP contribution in [0.2, 0.25) is 0 Å². The fourth-order valence-electron chi connectivity index (χ4n) is 4.11. The van der Waals surface area contributed by atoms with Crippen LogP contribution in [0.15, 0.2) is 42.9 Å². The number of halogens is 2. The summed E-state index contributed by atoms with van der Waals surface area (Å²) in [4.78, 5) is 4.26. The van der Waals surface area contributed by atoms with Gasteiger partial charge < -0.3 is 15.2 Å². The Bertz CT molecular complexity index is 1230. The minimum absolute atomic E-state index is 0.0522. The van der Waals surface area contributed by atoms with Crippen molar-refractivity contribution in [1.82, 2.24) is 24.2 Å². The first-order valence-corrected chi connectivity index (χ1v) is 10.1. The van der Waals surface area contributed by atoms with E-state index in [1.165, 1.54) is 4.52 Å². The number of rotatable bonds is 5. The van der Waals surface area contributed by atoms with Crippen molar-refractivity contribution in [2.45, 2.75) is 50.9 Å². The third-order valence-electron chi connectivity index (χ3n) is 5.79. The number of fused-ring (bicyclic) bond motifs is 2. The molecule has 4 aromatic heterocycles. The number of nitrogens with zero attached hydrogens (tertiary/aromatic N) is 5. The van der Waals surface area contributed by atoms with Crippen molar-refractivity contribution in [3.63, 3.8) is 0 Å². The molecule has 0 radical (unpaired) electrons. The molecule has 2 N–H and O–H groups in total. The second-order valence-electron chi connectivity index (χ2n) is 8.17. The molecule has 0 spiro atoms. The molecule has 0 aromatic carbocycles. The van der Waals surface area contributed by atoms with Gasteiger partial charge in [-0.15, -0.1) is 5.10 Å². The predicted molar refractivity (Wildman–Crippen MR) is 110 cm³/mol. The highest BCUT2D eigenvalue weighted by atomic mass is 19.3. The van der Waals surface area contributed by atoms with Gasteiger partial charge in [-0.3, -0.25) is 0 Å². The van der Waals surface area contributed by atoms with E-state index in [-0.39, 0.29) is 17.9 Å². The van der Waals surface area contributed by atoms with Crippen LogP contribution in [0, 0.1) is 0 Å². The van der Waals surface area contributed by atoms with Gasteiger partial charge in [0, 0.05) is 30.2 Å². The van der Waals surface area contributed by atoms with Crippen LogP contribution in [0.4, 0.5) is 14.7 Å². The van der Waals surface area contributed by atoms with E-state index in [0.29, 0.717) is 23.9 Å². The lowest BCUT2D eigenvalue weighted by Gasteiger charge is -2.33. The molecule has 1 aliphatic carbocycles. The Morgan fingerprint density at radius 3 is 2.74 bits per heavy atom. The molecule has 1 fully saturated rings. The Hall–Kier alpha value is -3.27. The smallest absolute Gasteiger partial charge is 0.388 e. The molecule has 0 atom stereocenters. The van der Waals surface area contributed by atoms with Crippen molar-refractivity contribution in [1.29, 1.82) is 0 Å². The van der Waals surface area contributed by atoms with E-state index < -0.39 is 12.2 Å². The minimum atomic E-state index is -3.02. The van der Waals surface area contributed by atoms with Gasteiger partial charge >= 0.3 is 6.61 Å². The number of hydrogen-bond donors (Lipinski definition) is 2. The van der Waals surface area contributed by atoms with E-state index in [0.717, 1.165) is 23.9 Å². The maximum atomic E-state index is 13.2. The second kappa shape index (κ2) is 7.45.